The Bertz CT molecular complexity index is 871. The Morgan fingerprint density at radius 1 is 1.14 bits per heavy atom. The molecule has 2 heterocycles. The molecule has 1 unspecified atom stereocenters. The van der Waals surface area contributed by atoms with Crippen LogP contribution < -0.4 is 16.8 Å². The molecule has 1 amide bonds. The predicted molar refractivity (Wildman–Crippen MR) is 115 cm³/mol. The van der Waals surface area contributed by atoms with Gasteiger partial charge >= 0.3 is 0 Å². The molecule has 0 spiro atoms. The normalized spacial score (nSPS) is 17.2. The van der Waals surface area contributed by atoms with Crippen LogP contribution in [0.25, 0.3) is 11.1 Å². The van der Waals surface area contributed by atoms with Gasteiger partial charge in [0.15, 0.2) is 5.96 Å². The number of nitrogens with zero attached hydrogens (tertiary/aromatic N) is 4. The molecule has 1 aliphatic rings. The highest BCUT2D eigenvalue weighted by Gasteiger charge is 2.39. The molecular formula is C21H29N7O. The fraction of sp³-hybridized carbons (Fsp3) is 0.429. The van der Waals surface area contributed by atoms with Crippen LogP contribution in [0.2, 0.25) is 0 Å². The van der Waals surface area contributed by atoms with Crippen molar-refractivity contribution in [3.63, 3.8) is 0 Å². The topological polar surface area (TPSA) is 123 Å². The van der Waals surface area contributed by atoms with Gasteiger partial charge in [0.1, 0.15) is 0 Å². The van der Waals surface area contributed by atoms with E-state index in [9.17, 15) is 4.79 Å². The minimum absolute atomic E-state index is 0.0419. The van der Waals surface area contributed by atoms with E-state index in [0.29, 0.717) is 5.96 Å². The standard InChI is InChI=1S/C21H29N7O/c1-14(2)21(3,18(29)27-20(23)28-10-8-24-9-11-28)17-6-4-15(5-7-17)16-12-25-19(22)26-13-16/h4-7,12-14,24H,8-11H2,1-3H3,(H2,22,25,26)(H2,23,27,29). The number of hydrogen-bond donors (Lipinski definition) is 3. The second kappa shape index (κ2) is 8.57. The van der Waals surface area contributed by atoms with E-state index >= 15 is 0 Å². The molecule has 5 N–H and O–H groups in total. The van der Waals surface area contributed by atoms with E-state index in [2.05, 4.69) is 20.3 Å². The van der Waals surface area contributed by atoms with Crippen LogP contribution in [0.15, 0.2) is 41.7 Å². The number of benzene rings is 1. The van der Waals surface area contributed by atoms with Crippen molar-refractivity contribution >= 4 is 17.8 Å². The van der Waals surface area contributed by atoms with Gasteiger partial charge in [0, 0.05) is 44.1 Å². The number of nitrogens with two attached hydrogens (primary N) is 2. The number of hydrogen-bond acceptors (Lipinski definition) is 5. The lowest BCUT2D eigenvalue weighted by atomic mass is 9.72. The Morgan fingerprint density at radius 3 is 2.28 bits per heavy atom. The second-order valence-corrected chi connectivity index (χ2v) is 7.78. The number of rotatable bonds is 4. The summed E-state index contributed by atoms with van der Waals surface area (Å²) in [7, 11) is 0. The molecule has 1 aromatic heterocycles. The molecule has 2 aromatic rings. The average Bonchev–Trinajstić information content (AvgIpc) is 2.74. The molecule has 0 bridgehead atoms. The molecular weight excluding hydrogens is 366 g/mol. The number of anilines is 1. The summed E-state index contributed by atoms with van der Waals surface area (Å²) in [5, 5.41) is 3.27. The van der Waals surface area contributed by atoms with E-state index in [0.717, 1.165) is 42.9 Å². The van der Waals surface area contributed by atoms with Crippen LogP contribution >= 0.6 is 0 Å². The SMILES string of the molecule is CC(C)C(C)(C(=O)N=C(N)N1CCNCC1)c1ccc(-c2cnc(N)nc2)cc1. The Balaban J connectivity index is 1.87. The number of carbonyl (C=O) groups excluding carboxylic acids is 1. The number of nitrogens with one attached hydrogen (secondary N) is 1. The van der Waals surface area contributed by atoms with Crippen molar-refractivity contribution in [3.05, 3.63) is 42.2 Å². The maximum absolute atomic E-state index is 13.2. The number of aliphatic imine (C=N–C) groups is 1. The lowest BCUT2D eigenvalue weighted by Crippen LogP contribution is -2.50. The zero-order valence-electron chi connectivity index (χ0n) is 17.2. The Morgan fingerprint density at radius 2 is 1.72 bits per heavy atom. The number of aromatic nitrogens is 2. The summed E-state index contributed by atoms with van der Waals surface area (Å²) in [5.41, 5.74) is 13.6. The van der Waals surface area contributed by atoms with Crippen LogP contribution in [0.3, 0.4) is 0 Å². The first-order valence-corrected chi connectivity index (χ1v) is 9.85. The van der Waals surface area contributed by atoms with E-state index in [1.807, 2.05) is 49.9 Å². The van der Waals surface area contributed by atoms with Crippen LogP contribution in [-0.2, 0) is 10.2 Å². The summed E-state index contributed by atoms with van der Waals surface area (Å²) < 4.78 is 0. The van der Waals surface area contributed by atoms with Crippen LogP contribution in [0.4, 0.5) is 5.95 Å². The van der Waals surface area contributed by atoms with Gasteiger partial charge in [-0.1, -0.05) is 38.1 Å². The quantitative estimate of drug-likeness (QED) is 0.528. The van der Waals surface area contributed by atoms with Crippen LogP contribution in [0.1, 0.15) is 26.3 Å². The number of nitrogen functional groups attached to an aromatic ring is 1. The summed E-state index contributed by atoms with van der Waals surface area (Å²) in [6, 6.07) is 7.84. The van der Waals surface area contributed by atoms with Gasteiger partial charge in [0.2, 0.25) is 5.95 Å². The summed E-state index contributed by atoms with van der Waals surface area (Å²) in [4.78, 5) is 27.5. The van der Waals surface area contributed by atoms with E-state index in [-0.39, 0.29) is 17.8 Å². The van der Waals surface area contributed by atoms with E-state index in [4.69, 9.17) is 11.5 Å². The first-order chi connectivity index (χ1) is 13.8. The molecule has 29 heavy (non-hydrogen) atoms. The van der Waals surface area contributed by atoms with Crippen molar-refractivity contribution < 1.29 is 4.79 Å². The van der Waals surface area contributed by atoms with Gasteiger partial charge in [-0.15, -0.1) is 0 Å². The first kappa shape index (κ1) is 20.7. The molecule has 0 saturated carbocycles. The summed E-state index contributed by atoms with van der Waals surface area (Å²) in [6.45, 7) is 9.14. The van der Waals surface area contributed by atoms with E-state index in [1.54, 1.807) is 12.4 Å². The zero-order valence-corrected chi connectivity index (χ0v) is 17.2. The summed E-state index contributed by atoms with van der Waals surface area (Å²) >= 11 is 0. The molecule has 3 rings (SSSR count). The number of carbonyl (C=O) groups is 1. The third-order valence-electron chi connectivity index (χ3n) is 5.75. The van der Waals surface area contributed by atoms with Gasteiger partial charge in [-0.3, -0.25) is 4.79 Å². The lowest BCUT2D eigenvalue weighted by molar-refractivity contribution is -0.124. The molecule has 0 radical (unpaired) electrons. The van der Waals surface area contributed by atoms with Gasteiger partial charge < -0.3 is 21.7 Å². The molecule has 1 saturated heterocycles. The third-order valence-corrected chi connectivity index (χ3v) is 5.75. The molecule has 154 valence electrons. The van der Waals surface area contributed by atoms with Gasteiger partial charge in [-0.2, -0.15) is 4.99 Å². The van der Waals surface area contributed by atoms with Crippen molar-refractivity contribution in [2.75, 3.05) is 31.9 Å². The van der Waals surface area contributed by atoms with Crippen LogP contribution in [-0.4, -0.2) is 52.9 Å². The molecule has 1 aromatic carbocycles. The van der Waals surface area contributed by atoms with Crippen LogP contribution in [0, 0.1) is 5.92 Å². The Kier molecular flexibility index (Phi) is 6.12. The number of amides is 1. The van der Waals surface area contributed by atoms with Gasteiger partial charge in [0.25, 0.3) is 5.91 Å². The molecule has 0 aliphatic carbocycles. The largest absolute Gasteiger partial charge is 0.369 e. The first-order valence-electron chi connectivity index (χ1n) is 9.85. The zero-order chi connectivity index (χ0) is 21.0. The van der Waals surface area contributed by atoms with Gasteiger partial charge in [-0.25, -0.2) is 9.97 Å². The van der Waals surface area contributed by atoms with Crippen molar-refractivity contribution in [2.45, 2.75) is 26.2 Å². The van der Waals surface area contributed by atoms with E-state index in [1.165, 1.54) is 0 Å². The van der Waals surface area contributed by atoms with E-state index < -0.39 is 5.41 Å². The minimum Gasteiger partial charge on any atom is -0.369 e. The summed E-state index contributed by atoms with van der Waals surface area (Å²) in [6.07, 6.45) is 3.37. The molecule has 1 fully saturated rings. The lowest BCUT2D eigenvalue weighted by Gasteiger charge is -2.32. The maximum Gasteiger partial charge on any atom is 0.259 e. The highest BCUT2D eigenvalue weighted by atomic mass is 16.1. The third kappa shape index (κ3) is 4.37. The van der Waals surface area contributed by atoms with Crippen molar-refractivity contribution in [2.24, 2.45) is 16.6 Å². The highest BCUT2D eigenvalue weighted by molar-refractivity contribution is 5.98. The monoisotopic (exact) mass is 395 g/mol. The highest BCUT2D eigenvalue weighted by Crippen LogP contribution is 2.34. The maximum atomic E-state index is 13.2. The smallest absolute Gasteiger partial charge is 0.259 e. The van der Waals surface area contributed by atoms with Crippen LogP contribution in [0.5, 0.6) is 0 Å². The number of piperazine rings is 1. The van der Waals surface area contributed by atoms with Crippen molar-refractivity contribution in [3.8, 4) is 11.1 Å². The van der Waals surface area contributed by atoms with Gasteiger partial charge in [-0.05, 0) is 24.0 Å². The predicted octanol–water partition coefficient (Wildman–Crippen LogP) is 1.39. The van der Waals surface area contributed by atoms with Crippen molar-refractivity contribution in [1.29, 1.82) is 0 Å². The second-order valence-electron chi connectivity index (χ2n) is 7.78. The fourth-order valence-corrected chi connectivity index (χ4v) is 3.38. The fourth-order valence-electron chi connectivity index (χ4n) is 3.38. The Labute approximate surface area is 171 Å². The molecule has 8 heteroatoms. The molecule has 1 atom stereocenters. The van der Waals surface area contributed by atoms with Crippen molar-refractivity contribution in [1.82, 2.24) is 20.2 Å². The number of guanidine groups is 1. The molecule has 1 aliphatic heterocycles. The average molecular weight is 396 g/mol. The minimum atomic E-state index is -0.783. The molecule has 8 nitrogen and oxygen atoms in total. The Hall–Kier alpha value is -3.00. The summed E-state index contributed by atoms with van der Waals surface area (Å²) in [5.74, 6) is 0.342. The van der Waals surface area contributed by atoms with Gasteiger partial charge in [0.05, 0.1) is 5.41 Å².